The summed E-state index contributed by atoms with van der Waals surface area (Å²) in [7, 11) is 1.80. The molecule has 3 rings (SSSR count). The van der Waals surface area contributed by atoms with Crippen molar-refractivity contribution in [1.29, 1.82) is 0 Å². The molecule has 1 fully saturated rings. The largest absolute Gasteiger partial charge is 0.337 e. The minimum Gasteiger partial charge on any atom is -0.337 e. The molecular weight excluding hydrogens is 282 g/mol. The molecule has 0 unspecified atom stereocenters. The summed E-state index contributed by atoms with van der Waals surface area (Å²) in [5.41, 5.74) is 4.20. The zero-order chi connectivity index (χ0) is 14.7. The maximum atomic E-state index is 12.2. The SMILES string of the molecule is CN(Cc1cscn1)C(=O)NCC1(c2ccccc2)CC1. The summed E-state index contributed by atoms with van der Waals surface area (Å²) in [5.74, 6) is 0. The van der Waals surface area contributed by atoms with Gasteiger partial charge in [0.25, 0.3) is 0 Å². The van der Waals surface area contributed by atoms with E-state index in [-0.39, 0.29) is 11.4 Å². The lowest BCUT2D eigenvalue weighted by Crippen LogP contribution is -2.40. The average molecular weight is 301 g/mol. The van der Waals surface area contributed by atoms with E-state index in [0.29, 0.717) is 13.1 Å². The Labute approximate surface area is 128 Å². The Morgan fingerprint density at radius 3 is 2.76 bits per heavy atom. The molecule has 5 heteroatoms. The van der Waals surface area contributed by atoms with Gasteiger partial charge in [-0.25, -0.2) is 9.78 Å². The second-order valence-electron chi connectivity index (χ2n) is 5.64. The van der Waals surface area contributed by atoms with Crippen LogP contribution < -0.4 is 5.32 Å². The number of aromatic nitrogens is 1. The third-order valence-corrected chi connectivity index (χ3v) is 4.68. The molecule has 4 nitrogen and oxygen atoms in total. The fourth-order valence-electron chi connectivity index (χ4n) is 2.52. The van der Waals surface area contributed by atoms with Crippen molar-refractivity contribution in [2.45, 2.75) is 24.8 Å². The van der Waals surface area contributed by atoms with Gasteiger partial charge in [0.1, 0.15) is 0 Å². The summed E-state index contributed by atoms with van der Waals surface area (Å²) in [6, 6.07) is 10.4. The third kappa shape index (κ3) is 3.24. The van der Waals surface area contributed by atoms with E-state index in [4.69, 9.17) is 0 Å². The van der Waals surface area contributed by atoms with Crippen LogP contribution in [0.4, 0.5) is 4.79 Å². The molecule has 110 valence electrons. The van der Waals surface area contributed by atoms with E-state index in [9.17, 15) is 4.79 Å². The first kappa shape index (κ1) is 14.1. The Bertz CT molecular complexity index is 593. The topological polar surface area (TPSA) is 45.2 Å². The zero-order valence-corrected chi connectivity index (χ0v) is 12.9. The fraction of sp³-hybridized carbons (Fsp3) is 0.375. The van der Waals surface area contributed by atoms with Gasteiger partial charge in [-0.15, -0.1) is 11.3 Å². The number of rotatable bonds is 5. The molecule has 0 atom stereocenters. The quantitative estimate of drug-likeness (QED) is 0.922. The molecule has 1 aromatic carbocycles. The maximum Gasteiger partial charge on any atom is 0.317 e. The van der Waals surface area contributed by atoms with Gasteiger partial charge in [-0.1, -0.05) is 30.3 Å². The molecule has 21 heavy (non-hydrogen) atoms. The first-order valence-corrected chi connectivity index (χ1v) is 8.05. The second kappa shape index (κ2) is 5.85. The normalized spacial score (nSPS) is 15.5. The molecular formula is C16H19N3OS. The number of hydrogen-bond acceptors (Lipinski definition) is 3. The first-order valence-electron chi connectivity index (χ1n) is 7.11. The predicted octanol–water partition coefficient (Wildman–Crippen LogP) is 3.02. The monoisotopic (exact) mass is 301 g/mol. The van der Waals surface area contributed by atoms with Gasteiger partial charge in [0, 0.05) is 24.4 Å². The molecule has 0 spiro atoms. The summed E-state index contributed by atoms with van der Waals surface area (Å²) in [5, 5.41) is 5.03. The van der Waals surface area contributed by atoms with Crippen LogP contribution in [0.25, 0.3) is 0 Å². The highest BCUT2D eigenvalue weighted by atomic mass is 32.1. The van der Waals surface area contributed by atoms with Gasteiger partial charge in [-0.05, 0) is 18.4 Å². The zero-order valence-electron chi connectivity index (χ0n) is 12.1. The van der Waals surface area contributed by atoms with Gasteiger partial charge in [-0.2, -0.15) is 0 Å². The Balaban J connectivity index is 1.54. The van der Waals surface area contributed by atoms with Crippen molar-refractivity contribution in [2.24, 2.45) is 0 Å². The van der Waals surface area contributed by atoms with Gasteiger partial charge in [0.2, 0.25) is 0 Å². The van der Waals surface area contributed by atoms with Crippen LogP contribution in [0, 0.1) is 0 Å². The van der Waals surface area contributed by atoms with Crippen LogP contribution in [0.5, 0.6) is 0 Å². The summed E-state index contributed by atoms with van der Waals surface area (Å²) >= 11 is 1.55. The molecule has 2 amide bonds. The average Bonchev–Trinajstić information content (AvgIpc) is 3.15. The number of nitrogens with zero attached hydrogens (tertiary/aromatic N) is 2. The number of carbonyl (C=O) groups is 1. The summed E-state index contributed by atoms with van der Waals surface area (Å²) in [6.45, 7) is 1.25. The van der Waals surface area contributed by atoms with Crippen LogP contribution in [0.1, 0.15) is 24.1 Å². The van der Waals surface area contributed by atoms with Crippen LogP contribution >= 0.6 is 11.3 Å². The lowest BCUT2D eigenvalue weighted by Gasteiger charge is -2.21. The second-order valence-corrected chi connectivity index (χ2v) is 6.36. The number of benzene rings is 1. The number of urea groups is 1. The van der Waals surface area contributed by atoms with Gasteiger partial charge in [-0.3, -0.25) is 0 Å². The number of hydrogen-bond donors (Lipinski definition) is 1. The molecule has 1 N–H and O–H groups in total. The molecule has 1 aliphatic carbocycles. The van der Waals surface area contributed by atoms with Crippen molar-refractivity contribution in [3.8, 4) is 0 Å². The van der Waals surface area contributed by atoms with E-state index in [2.05, 4.69) is 34.6 Å². The lowest BCUT2D eigenvalue weighted by molar-refractivity contribution is 0.205. The van der Waals surface area contributed by atoms with Crippen molar-refractivity contribution in [3.05, 3.63) is 52.5 Å². The van der Waals surface area contributed by atoms with Crippen LogP contribution in [0.2, 0.25) is 0 Å². The van der Waals surface area contributed by atoms with Crippen molar-refractivity contribution >= 4 is 17.4 Å². The summed E-state index contributed by atoms with van der Waals surface area (Å²) < 4.78 is 0. The van der Waals surface area contributed by atoms with Crippen LogP contribution in [0.15, 0.2) is 41.2 Å². The van der Waals surface area contributed by atoms with Crippen molar-refractivity contribution in [2.75, 3.05) is 13.6 Å². The van der Waals surface area contributed by atoms with Crippen molar-refractivity contribution in [1.82, 2.24) is 15.2 Å². The van der Waals surface area contributed by atoms with E-state index in [0.717, 1.165) is 18.5 Å². The van der Waals surface area contributed by atoms with E-state index in [1.165, 1.54) is 5.56 Å². The fourth-order valence-corrected chi connectivity index (χ4v) is 3.07. The minimum absolute atomic E-state index is 0.0368. The van der Waals surface area contributed by atoms with Crippen LogP contribution in [0.3, 0.4) is 0 Å². The Morgan fingerprint density at radius 1 is 1.38 bits per heavy atom. The van der Waals surface area contributed by atoms with E-state index in [1.54, 1.807) is 28.8 Å². The molecule has 0 bridgehead atoms. The number of nitrogens with one attached hydrogen (secondary N) is 1. The Morgan fingerprint density at radius 2 is 2.14 bits per heavy atom. The highest BCUT2D eigenvalue weighted by molar-refractivity contribution is 7.07. The number of carbonyl (C=O) groups excluding carboxylic acids is 1. The molecule has 1 aliphatic rings. The van der Waals surface area contributed by atoms with Crippen LogP contribution in [-0.2, 0) is 12.0 Å². The maximum absolute atomic E-state index is 12.2. The Hall–Kier alpha value is -1.88. The van der Waals surface area contributed by atoms with E-state index < -0.39 is 0 Å². The minimum atomic E-state index is -0.0368. The van der Waals surface area contributed by atoms with Gasteiger partial charge in [0.15, 0.2) is 0 Å². The molecule has 1 saturated carbocycles. The Kier molecular flexibility index (Phi) is 3.92. The third-order valence-electron chi connectivity index (χ3n) is 4.05. The number of thiazole rings is 1. The molecule has 0 aliphatic heterocycles. The molecule has 0 saturated heterocycles. The smallest absolute Gasteiger partial charge is 0.317 e. The van der Waals surface area contributed by atoms with Gasteiger partial charge in [0.05, 0.1) is 17.7 Å². The molecule has 0 radical (unpaired) electrons. The molecule has 2 aromatic rings. The van der Waals surface area contributed by atoms with Crippen molar-refractivity contribution < 1.29 is 4.79 Å². The highest BCUT2D eigenvalue weighted by Gasteiger charge is 2.44. The molecule has 1 aromatic heterocycles. The lowest BCUT2D eigenvalue weighted by atomic mass is 9.96. The van der Waals surface area contributed by atoms with Crippen molar-refractivity contribution in [3.63, 3.8) is 0 Å². The first-order chi connectivity index (χ1) is 10.2. The standard InChI is InChI=1S/C16H19N3OS/c1-19(9-14-10-21-12-18-14)15(20)17-11-16(7-8-16)13-5-3-2-4-6-13/h2-6,10,12H,7-9,11H2,1H3,(H,17,20). The van der Waals surface area contributed by atoms with Gasteiger partial charge >= 0.3 is 6.03 Å². The highest BCUT2D eigenvalue weighted by Crippen LogP contribution is 2.47. The molecule has 1 heterocycles. The number of amides is 2. The van der Waals surface area contributed by atoms with Gasteiger partial charge < -0.3 is 10.2 Å². The summed E-state index contributed by atoms with van der Waals surface area (Å²) in [4.78, 5) is 18.0. The van der Waals surface area contributed by atoms with Crippen LogP contribution in [-0.4, -0.2) is 29.5 Å². The predicted molar refractivity (Wildman–Crippen MR) is 84.3 cm³/mol. The van der Waals surface area contributed by atoms with E-state index >= 15 is 0 Å². The van der Waals surface area contributed by atoms with E-state index in [1.807, 2.05) is 11.4 Å². The summed E-state index contributed by atoms with van der Waals surface area (Å²) in [6.07, 6.45) is 2.29.